The van der Waals surface area contributed by atoms with E-state index in [4.69, 9.17) is 10.5 Å². The summed E-state index contributed by atoms with van der Waals surface area (Å²) in [7, 11) is 0. The maximum absolute atomic E-state index is 12.2. The number of nitrogens with one attached hydrogen (secondary N) is 1. The fourth-order valence-corrected chi connectivity index (χ4v) is 3.28. The lowest BCUT2D eigenvalue weighted by Crippen LogP contribution is -2.27. The van der Waals surface area contributed by atoms with Crippen LogP contribution in [-0.4, -0.2) is 30.1 Å². The molecule has 0 aliphatic rings. The van der Waals surface area contributed by atoms with Gasteiger partial charge in [0.2, 0.25) is 5.91 Å². The zero-order valence-electron chi connectivity index (χ0n) is 13.2. The SMILES string of the molecule is NC(=O)c1ccc(OCCNC(=O)c2cc3ccccc3s2)c(O)c1. The molecule has 0 saturated carbocycles. The number of nitrogens with two attached hydrogens (primary N) is 1. The van der Waals surface area contributed by atoms with Gasteiger partial charge in [-0.05, 0) is 35.7 Å². The minimum atomic E-state index is -0.627. The van der Waals surface area contributed by atoms with Crippen molar-refractivity contribution in [3.63, 3.8) is 0 Å². The number of carbonyl (C=O) groups is 2. The first-order valence-electron chi connectivity index (χ1n) is 7.57. The molecule has 0 spiro atoms. The molecule has 0 unspecified atom stereocenters. The number of carbonyl (C=O) groups excluding carboxylic acids is 2. The Morgan fingerprint density at radius 3 is 2.68 bits per heavy atom. The molecule has 0 aliphatic carbocycles. The second-order valence-corrected chi connectivity index (χ2v) is 6.38. The van der Waals surface area contributed by atoms with E-state index in [1.807, 2.05) is 30.3 Å². The summed E-state index contributed by atoms with van der Waals surface area (Å²) >= 11 is 1.43. The largest absolute Gasteiger partial charge is 0.504 e. The van der Waals surface area contributed by atoms with Crippen molar-refractivity contribution in [2.24, 2.45) is 5.73 Å². The topological polar surface area (TPSA) is 102 Å². The van der Waals surface area contributed by atoms with E-state index in [0.29, 0.717) is 4.88 Å². The van der Waals surface area contributed by atoms with E-state index in [1.54, 1.807) is 0 Å². The highest BCUT2D eigenvalue weighted by Crippen LogP contribution is 2.27. The molecule has 0 radical (unpaired) electrons. The van der Waals surface area contributed by atoms with Crippen LogP contribution in [0.5, 0.6) is 11.5 Å². The molecule has 2 amide bonds. The van der Waals surface area contributed by atoms with Gasteiger partial charge in [-0.1, -0.05) is 18.2 Å². The molecule has 25 heavy (non-hydrogen) atoms. The average Bonchev–Trinajstić information content (AvgIpc) is 3.03. The van der Waals surface area contributed by atoms with Gasteiger partial charge in [-0.2, -0.15) is 0 Å². The predicted molar refractivity (Wildman–Crippen MR) is 96.3 cm³/mol. The second-order valence-electron chi connectivity index (χ2n) is 5.30. The van der Waals surface area contributed by atoms with Gasteiger partial charge in [0.1, 0.15) is 6.61 Å². The minimum Gasteiger partial charge on any atom is -0.504 e. The minimum absolute atomic E-state index is 0.168. The third-order valence-electron chi connectivity index (χ3n) is 3.54. The van der Waals surface area contributed by atoms with Crippen LogP contribution in [0.2, 0.25) is 0 Å². The quantitative estimate of drug-likeness (QED) is 0.591. The number of phenols is 1. The van der Waals surface area contributed by atoms with Crippen LogP contribution in [-0.2, 0) is 0 Å². The Hall–Kier alpha value is -3.06. The zero-order chi connectivity index (χ0) is 17.8. The van der Waals surface area contributed by atoms with E-state index in [2.05, 4.69) is 5.32 Å². The summed E-state index contributed by atoms with van der Waals surface area (Å²) in [6.45, 7) is 0.463. The van der Waals surface area contributed by atoms with Crippen molar-refractivity contribution in [2.45, 2.75) is 0 Å². The van der Waals surface area contributed by atoms with Gasteiger partial charge >= 0.3 is 0 Å². The molecular formula is C18H16N2O4S. The molecule has 7 heteroatoms. The van der Waals surface area contributed by atoms with Gasteiger partial charge in [-0.3, -0.25) is 9.59 Å². The third kappa shape index (κ3) is 3.89. The van der Waals surface area contributed by atoms with Crippen molar-refractivity contribution in [1.29, 1.82) is 0 Å². The molecule has 3 rings (SSSR count). The number of amides is 2. The lowest BCUT2D eigenvalue weighted by atomic mass is 10.2. The van der Waals surface area contributed by atoms with E-state index in [-0.39, 0.29) is 36.1 Å². The van der Waals surface area contributed by atoms with E-state index < -0.39 is 5.91 Å². The number of phenolic OH excluding ortho intramolecular Hbond substituents is 1. The maximum Gasteiger partial charge on any atom is 0.261 e. The molecule has 0 aliphatic heterocycles. The predicted octanol–water partition coefficient (Wildman–Crippen LogP) is 2.51. The molecule has 0 bridgehead atoms. The van der Waals surface area contributed by atoms with E-state index in [9.17, 15) is 14.7 Å². The van der Waals surface area contributed by atoms with Crippen molar-refractivity contribution in [1.82, 2.24) is 5.32 Å². The first kappa shape index (κ1) is 16.8. The highest BCUT2D eigenvalue weighted by molar-refractivity contribution is 7.20. The average molecular weight is 356 g/mol. The van der Waals surface area contributed by atoms with Crippen LogP contribution in [0.25, 0.3) is 10.1 Å². The van der Waals surface area contributed by atoms with Gasteiger partial charge in [0.05, 0.1) is 11.4 Å². The second kappa shape index (κ2) is 7.23. The van der Waals surface area contributed by atoms with Crippen molar-refractivity contribution >= 4 is 33.2 Å². The number of hydrogen-bond acceptors (Lipinski definition) is 5. The number of primary amides is 1. The van der Waals surface area contributed by atoms with Crippen molar-refractivity contribution < 1.29 is 19.4 Å². The van der Waals surface area contributed by atoms with Crippen molar-refractivity contribution in [3.8, 4) is 11.5 Å². The lowest BCUT2D eigenvalue weighted by molar-refractivity contribution is 0.0949. The number of ether oxygens (including phenoxy) is 1. The Morgan fingerprint density at radius 1 is 1.16 bits per heavy atom. The standard InChI is InChI=1S/C18H16N2O4S/c19-17(22)12-5-6-14(13(21)9-12)24-8-7-20-18(23)16-10-11-3-1-2-4-15(11)25-16/h1-6,9-10,21H,7-8H2,(H2,19,22)(H,20,23). The number of rotatable bonds is 6. The molecule has 3 aromatic rings. The fourth-order valence-electron chi connectivity index (χ4n) is 2.30. The monoisotopic (exact) mass is 356 g/mol. The smallest absolute Gasteiger partial charge is 0.261 e. The molecule has 4 N–H and O–H groups in total. The Balaban J connectivity index is 1.53. The molecule has 128 valence electrons. The Kier molecular flexibility index (Phi) is 4.85. The number of thiophene rings is 1. The summed E-state index contributed by atoms with van der Waals surface area (Å²) in [5.41, 5.74) is 5.33. The Bertz CT molecular complexity index is 903. The van der Waals surface area contributed by atoms with Crippen LogP contribution < -0.4 is 15.8 Å². The van der Waals surface area contributed by atoms with Crippen LogP contribution in [0, 0.1) is 0 Å². The number of benzene rings is 2. The first-order valence-corrected chi connectivity index (χ1v) is 8.38. The van der Waals surface area contributed by atoms with E-state index >= 15 is 0 Å². The summed E-state index contributed by atoms with van der Waals surface area (Å²) in [5.74, 6) is -0.746. The normalized spacial score (nSPS) is 10.6. The summed E-state index contributed by atoms with van der Waals surface area (Å²) in [6.07, 6.45) is 0. The molecule has 0 atom stereocenters. The third-order valence-corrected chi connectivity index (χ3v) is 4.65. The molecule has 0 saturated heterocycles. The van der Waals surface area contributed by atoms with E-state index in [0.717, 1.165) is 10.1 Å². The molecule has 2 aromatic carbocycles. The highest BCUT2D eigenvalue weighted by atomic mass is 32.1. The lowest BCUT2D eigenvalue weighted by Gasteiger charge is -2.09. The number of hydrogen-bond donors (Lipinski definition) is 3. The van der Waals surface area contributed by atoms with Gasteiger partial charge in [-0.25, -0.2) is 0 Å². The van der Waals surface area contributed by atoms with Gasteiger partial charge in [0.25, 0.3) is 5.91 Å². The van der Waals surface area contributed by atoms with Crippen LogP contribution in [0.15, 0.2) is 48.5 Å². The van der Waals surface area contributed by atoms with Gasteiger partial charge in [0, 0.05) is 10.3 Å². The molecule has 1 aromatic heterocycles. The van der Waals surface area contributed by atoms with Crippen molar-refractivity contribution in [2.75, 3.05) is 13.2 Å². The maximum atomic E-state index is 12.2. The summed E-state index contributed by atoms with van der Waals surface area (Å²) in [6, 6.07) is 13.8. The summed E-state index contributed by atoms with van der Waals surface area (Å²) < 4.78 is 6.46. The number of aromatic hydroxyl groups is 1. The molecule has 0 fully saturated rings. The van der Waals surface area contributed by atoms with Gasteiger partial charge < -0.3 is 20.9 Å². The summed E-state index contributed by atoms with van der Waals surface area (Å²) in [5, 5.41) is 13.6. The molecule has 6 nitrogen and oxygen atoms in total. The van der Waals surface area contributed by atoms with Gasteiger partial charge in [-0.15, -0.1) is 11.3 Å². The zero-order valence-corrected chi connectivity index (χ0v) is 14.0. The van der Waals surface area contributed by atoms with Crippen LogP contribution in [0.4, 0.5) is 0 Å². The van der Waals surface area contributed by atoms with Gasteiger partial charge in [0.15, 0.2) is 11.5 Å². The fraction of sp³-hybridized carbons (Fsp3) is 0.111. The van der Waals surface area contributed by atoms with Crippen LogP contribution in [0.1, 0.15) is 20.0 Å². The highest BCUT2D eigenvalue weighted by Gasteiger charge is 2.10. The molecule has 1 heterocycles. The van der Waals surface area contributed by atoms with E-state index in [1.165, 1.54) is 29.5 Å². The van der Waals surface area contributed by atoms with Crippen molar-refractivity contribution in [3.05, 3.63) is 59.0 Å². The molecular weight excluding hydrogens is 340 g/mol. The summed E-state index contributed by atoms with van der Waals surface area (Å²) in [4.78, 5) is 23.8. The van der Waals surface area contributed by atoms with Crippen LogP contribution >= 0.6 is 11.3 Å². The Labute approximate surface area is 147 Å². The first-order chi connectivity index (χ1) is 12.0. The Morgan fingerprint density at radius 2 is 1.96 bits per heavy atom. The number of fused-ring (bicyclic) bond motifs is 1. The van der Waals surface area contributed by atoms with Crippen LogP contribution in [0.3, 0.4) is 0 Å².